The number of benzene rings is 1. The van der Waals surface area contributed by atoms with Crippen LogP contribution in [0.3, 0.4) is 0 Å². The summed E-state index contributed by atoms with van der Waals surface area (Å²) < 4.78 is 14.8. The third-order valence-electron chi connectivity index (χ3n) is 2.92. The summed E-state index contributed by atoms with van der Waals surface area (Å²) in [5, 5.41) is 5.01. The van der Waals surface area contributed by atoms with Gasteiger partial charge >= 0.3 is 0 Å². The minimum Gasteiger partial charge on any atom is -0.249 e. The molecule has 0 unspecified atom stereocenters. The van der Waals surface area contributed by atoms with Crippen molar-refractivity contribution in [3.05, 3.63) is 52.1 Å². The molecule has 102 valence electrons. The minimum absolute atomic E-state index is 0.250. The molecule has 0 saturated carbocycles. The fourth-order valence-corrected chi connectivity index (χ4v) is 2.59. The topological polar surface area (TPSA) is 17.8 Å². The Morgan fingerprint density at radius 1 is 1.37 bits per heavy atom. The summed E-state index contributed by atoms with van der Waals surface area (Å²) in [6.07, 6.45) is 0. The van der Waals surface area contributed by atoms with E-state index in [0.29, 0.717) is 17.6 Å². The first kappa shape index (κ1) is 14.4. The molecule has 2 nitrogen and oxygen atoms in total. The molecule has 0 aliphatic heterocycles. The molecular weight excluding hydrogens is 286 g/mol. The molecular formula is C14H15Cl2FN2. The van der Waals surface area contributed by atoms with Crippen molar-refractivity contribution in [3.63, 3.8) is 0 Å². The van der Waals surface area contributed by atoms with Crippen LogP contribution in [-0.4, -0.2) is 9.78 Å². The van der Waals surface area contributed by atoms with Crippen molar-refractivity contribution in [1.29, 1.82) is 0 Å². The van der Waals surface area contributed by atoms with Crippen molar-refractivity contribution >= 4 is 23.2 Å². The summed E-state index contributed by atoms with van der Waals surface area (Å²) in [5.74, 6) is 0.317. The lowest BCUT2D eigenvalue weighted by atomic mass is 10.1. The Balaban J connectivity index is 2.35. The van der Waals surface area contributed by atoms with Gasteiger partial charge in [0.05, 0.1) is 18.1 Å². The second-order valence-electron chi connectivity index (χ2n) is 4.73. The standard InChI is InChI=1S/C14H15Cl2FN2/c1-9(2)13-12(7-15)14(16)19(18-13)8-10-4-3-5-11(17)6-10/h3-6,9H,7-8H2,1-2H3. The average molecular weight is 301 g/mol. The van der Waals surface area contributed by atoms with Gasteiger partial charge in [-0.3, -0.25) is 0 Å². The van der Waals surface area contributed by atoms with Crippen LogP contribution in [0.5, 0.6) is 0 Å². The molecule has 2 aromatic rings. The quantitative estimate of drug-likeness (QED) is 0.755. The van der Waals surface area contributed by atoms with Gasteiger partial charge in [-0.1, -0.05) is 37.6 Å². The maximum Gasteiger partial charge on any atom is 0.132 e. The second kappa shape index (κ2) is 5.93. The van der Waals surface area contributed by atoms with E-state index in [0.717, 1.165) is 16.8 Å². The summed E-state index contributed by atoms with van der Waals surface area (Å²) in [5.41, 5.74) is 2.58. The van der Waals surface area contributed by atoms with Gasteiger partial charge in [0.1, 0.15) is 11.0 Å². The Morgan fingerprint density at radius 3 is 2.63 bits per heavy atom. The monoisotopic (exact) mass is 300 g/mol. The molecule has 0 saturated heterocycles. The molecule has 0 fully saturated rings. The number of aromatic nitrogens is 2. The summed E-state index contributed by atoms with van der Waals surface area (Å²) in [7, 11) is 0. The fourth-order valence-electron chi connectivity index (χ4n) is 2.00. The summed E-state index contributed by atoms with van der Waals surface area (Å²) in [6.45, 7) is 4.52. The van der Waals surface area contributed by atoms with Crippen LogP contribution in [0.4, 0.5) is 4.39 Å². The Labute approximate surface area is 122 Å². The van der Waals surface area contributed by atoms with Crippen LogP contribution >= 0.6 is 23.2 Å². The molecule has 0 aliphatic carbocycles. The van der Waals surface area contributed by atoms with Crippen LogP contribution in [0, 0.1) is 5.82 Å². The predicted octanol–water partition coefficient (Wildman–Crippen LogP) is 4.59. The average Bonchev–Trinajstić information content (AvgIpc) is 2.66. The first-order valence-electron chi connectivity index (χ1n) is 6.08. The van der Waals surface area contributed by atoms with Crippen LogP contribution in [-0.2, 0) is 12.4 Å². The number of alkyl halides is 1. The number of hydrogen-bond acceptors (Lipinski definition) is 1. The highest BCUT2D eigenvalue weighted by Crippen LogP contribution is 2.27. The number of rotatable bonds is 4. The van der Waals surface area contributed by atoms with Crippen LogP contribution < -0.4 is 0 Å². The normalized spacial score (nSPS) is 11.3. The summed E-state index contributed by atoms with van der Waals surface area (Å²) in [4.78, 5) is 0. The van der Waals surface area contributed by atoms with Gasteiger partial charge in [-0.25, -0.2) is 9.07 Å². The second-order valence-corrected chi connectivity index (χ2v) is 5.36. The van der Waals surface area contributed by atoms with Crippen molar-refractivity contribution in [3.8, 4) is 0 Å². The van der Waals surface area contributed by atoms with E-state index in [-0.39, 0.29) is 11.7 Å². The molecule has 1 aromatic heterocycles. The van der Waals surface area contributed by atoms with Crippen molar-refractivity contribution in [1.82, 2.24) is 9.78 Å². The van der Waals surface area contributed by atoms with E-state index in [1.807, 2.05) is 19.9 Å². The molecule has 0 spiro atoms. The molecule has 19 heavy (non-hydrogen) atoms. The highest BCUT2D eigenvalue weighted by Gasteiger charge is 2.17. The Bertz CT molecular complexity index is 579. The smallest absolute Gasteiger partial charge is 0.132 e. The number of nitrogens with zero attached hydrogens (tertiary/aromatic N) is 2. The molecule has 1 heterocycles. The number of hydrogen-bond donors (Lipinski definition) is 0. The molecule has 2 rings (SSSR count). The van der Waals surface area contributed by atoms with Gasteiger partial charge in [-0.2, -0.15) is 5.10 Å². The lowest BCUT2D eigenvalue weighted by molar-refractivity contribution is 0.616. The highest BCUT2D eigenvalue weighted by molar-refractivity contribution is 6.31. The third-order valence-corrected chi connectivity index (χ3v) is 3.61. The zero-order chi connectivity index (χ0) is 14.0. The van der Waals surface area contributed by atoms with Crippen LogP contribution in [0.2, 0.25) is 5.15 Å². The predicted molar refractivity (Wildman–Crippen MR) is 76.4 cm³/mol. The van der Waals surface area contributed by atoms with E-state index in [9.17, 15) is 4.39 Å². The fraction of sp³-hybridized carbons (Fsp3) is 0.357. The Kier molecular flexibility index (Phi) is 4.48. The van der Waals surface area contributed by atoms with Gasteiger partial charge in [0, 0.05) is 5.56 Å². The highest BCUT2D eigenvalue weighted by atomic mass is 35.5. The largest absolute Gasteiger partial charge is 0.249 e. The van der Waals surface area contributed by atoms with Gasteiger partial charge in [-0.15, -0.1) is 11.6 Å². The zero-order valence-corrected chi connectivity index (χ0v) is 12.3. The van der Waals surface area contributed by atoms with E-state index in [1.165, 1.54) is 12.1 Å². The summed E-state index contributed by atoms with van der Waals surface area (Å²) in [6, 6.07) is 6.41. The molecule has 0 N–H and O–H groups in total. The molecule has 0 aliphatic rings. The molecule has 1 aromatic carbocycles. The molecule has 0 atom stereocenters. The molecule has 0 bridgehead atoms. The SMILES string of the molecule is CC(C)c1nn(Cc2cccc(F)c2)c(Cl)c1CCl. The summed E-state index contributed by atoms with van der Waals surface area (Å²) >= 11 is 12.2. The van der Waals surface area contributed by atoms with E-state index < -0.39 is 0 Å². The van der Waals surface area contributed by atoms with E-state index in [4.69, 9.17) is 23.2 Å². The molecule has 5 heteroatoms. The first-order valence-corrected chi connectivity index (χ1v) is 6.99. The van der Waals surface area contributed by atoms with Crippen molar-refractivity contribution in [2.45, 2.75) is 32.2 Å². The number of halogens is 3. The van der Waals surface area contributed by atoms with Crippen molar-refractivity contribution in [2.75, 3.05) is 0 Å². The van der Waals surface area contributed by atoms with Gasteiger partial charge in [0.25, 0.3) is 0 Å². The molecule has 0 radical (unpaired) electrons. The van der Waals surface area contributed by atoms with Crippen LogP contribution in [0.15, 0.2) is 24.3 Å². The van der Waals surface area contributed by atoms with Gasteiger partial charge in [0.2, 0.25) is 0 Å². The lowest BCUT2D eigenvalue weighted by Gasteiger charge is -2.04. The Morgan fingerprint density at radius 2 is 2.11 bits per heavy atom. The van der Waals surface area contributed by atoms with Gasteiger partial charge in [0.15, 0.2) is 0 Å². The van der Waals surface area contributed by atoms with Crippen LogP contribution in [0.1, 0.15) is 36.6 Å². The first-order chi connectivity index (χ1) is 9.02. The van der Waals surface area contributed by atoms with E-state index in [2.05, 4.69) is 5.10 Å². The van der Waals surface area contributed by atoms with Crippen LogP contribution in [0.25, 0.3) is 0 Å². The van der Waals surface area contributed by atoms with Crippen molar-refractivity contribution < 1.29 is 4.39 Å². The maximum atomic E-state index is 13.2. The van der Waals surface area contributed by atoms with E-state index in [1.54, 1.807) is 10.7 Å². The third kappa shape index (κ3) is 3.10. The minimum atomic E-state index is -0.262. The van der Waals surface area contributed by atoms with Gasteiger partial charge < -0.3 is 0 Å². The lowest BCUT2D eigenvalue weighted by Crippen LogP contribution is -2.03. The Hall–Kier alpha value is -1.06. The zero-order valence-electron chi connectivity index (χ0n) is 10.8. The van der Waals surface area contributed by atoms with Gasteiger partial charge in [-0.05, 0) is 23.6 Å². The molecule has 0 amide bonds. The van der Waals surface area contributed by atoms with Crippen molar-refractivity contribution in [2.24, 2.45) is 0 Å². The maximum absolute atomic E-state index is 13.2. The van der Waals surface area contributed by atoms with E-state index >= 15 is 0 Å².